The molecule has 1 fully saturated rings. The molecule has 1 aliphatic rings. The smallest absolute Gasteiger partial charge is 0.684 e. The molecule has 23 heavy (non-hydrogen) atoms. The Morgan fingerprint density at radius 2 is 2.13 bits per heavy atom. The van der Waals surface area contributed by atoms with Crippen LogP contribution < -0.4 is 51.4 Å². The Morgan fingerprint density at radius 1 is 1.48 bits per heavy atom. The van der Waals surface area contributed by atoms with Gasteiger partial charge in [-0.3, -0.25) is 10.2 Å². The van der Waals surface area contributed by atoms with Gasteiger partial charge in [0.25, 0.3) is 0 Å². The first-order chi connectivity index (χ1) is 10.5. The van der Waals surface area contributed by atoms with Crippen LogP contribution in [0, 0.1) is 5.41 Å². The normalized spacial score (nSPS) is 15.8. The van der Waals surface area contributed by atoms with E-state index in [9.17, 15) is 4.79 Å². The maximum atomic E-state index is 11.4. The average molecular weight is 342 g/mol. The Kier molecular flexibility index (Phi) is 8.56. The molecule has 7 heteroatoms. The van der Waals surface area contributed by atoms with Crippen LogP contribution in [0.4, 0.5) is 0 Å². The molecule has 0 aromatic carbocycles. The molecule has 0 saturated carbocycles. The molecule has 1 aliphatic heterocycles. The summed E-state index contributed by atoms with van der Waals surface area (Å²) < 4.78 is 5.33. The van der Waals surface area contributed by atoms with E-state index in [4.69, 9.17) is 9.83 Å². The predicted molar refractivity (Wildman–Crippen MR) is 86.7 cm³/mol. The van der Waals surface area contributed by atoms with Crippen LogP contribution in [0.5, 0.6) is 0 Å². The van der Waals surface area contributed by atoms with E-state index in [-0.39, 0.29) is 63.3 Å². The molecule has 1 amide bonds. The van der Waals surface area contributed by atoms with E-state index in [1.165, 1.54) is 0 Å². The minimum atomic E-state index is 0. The Bertz CT molecular complexity index is 548. The maximum absolute atomic E-state index is 11.4. The van der Waals surface area contributed by atoms with Crippen LogP contribution in [0.15, 0.2) is 28.9 Å². The average Bonchev–Trinajstić information content (AvgIpc) is 3.06. The van der Waals surface area contributed by atoms with Gasteiger partial charge in [-0.05, 0) is 31.1 Å². The number of nitrogens with one attached hydrogen (secondary N) is 1. The van der Waals surface area contributed by atoms with Crippen molar-refractivity contribution in [2.24, 2.45) is 0 Å². The van der Waals surface area contributed by atoms with E-state index in [1.54, 1.807) is 37.3 Å². The van der Waals surface area contributed by atoms with Crippen LogP contribution in [-0.4, -0.2) is 54.8 Å². The largest absolute Gasteiger partial charge is 1.00 e. The minimum absolute atomic E-state index is 0. The van der Waals surface area contributed by atoms with Crippen molar-refractivity contribution in [1.29, 1.82) is 5.41 Å². The molecule has 0 atom stereocenters. The molecule has 0 unspecified atom stereocenters. The van der Waals surface area contributed by atoms with Crippen molar-refractivity contribution in [3.8, 4) is 0 Å². The molecule has 0 spiro atoms. The van der Waals surface area contributed by atoms with Gasteiger partial charge in [-0.25, -0.2) is 0 Å². The fourth-order valence-corrected chi connectivity index (χ4v) is 2.64. The van der Waals surface area contributed by atoms with Crippen LogP contribution in [0.2, 0.25) is 0 Å². The molecule has 0 aliphatic carbocycles. The van der Waals surface area contributed by atoms with Gasteiger partial charge in [-0.2, -0.15) is 0 Å². The van der Waals surface area contributed by atoms with Gasteiger partial charge in [0, 0.05) is 33.1 Å². The summed E-state index contributed by atoms with van der Waals surface area (Å²) in [7, 11) is 3.54. The van der Waals surface area contributed by atoms with Crippen molar-refractivity contribution in [3.63, 3.8) is 0 Å². The number of nitrogens with zero attached hydrogens (tertiary/aromatic N) is 3. The minimum Gasteiger partial charge on any atom is -0.684 e. The first kappa shape index (κ1) is 20.4. The van der Waals surface area contributed by atoms with E-state index in [1.807, 2.05) is 18.0 Å². The summed E-state index contributed by atoms with van der Waals surface area (Å²) in [5.74, 6) is 1.19. The third kappa shape index (κ3) is 5.46. The Morgan fingerprint density at radius 3 is 2.61 bits per heavy atom. The van der Waals surface area contributed by atoms with E-state index in [0.717, 1.165) is 25.9 Å². The fourth-order valence-electron chi connectivity index (χ4n) is 2.64. The number of rotatable bonds is 4. The van der Waals surface area contributed by atoms with Crippen molar-refractivity contribution in [2.75, 3.05) is 27.2 Å². The zero-order valence-corrected chi connectivity index (χ0v) is 17.5. The number of amides is 1. The summed E-state index contributed by atoms with van der Waals surface area (Å²) in [5, 5.41) is 12.4. The van der Waals surface area contributed by atoms with E-state index >= 15 is 0 Å². The number of hydrogen-bond acceptors (Lipinski definition) is 3. The summed E-state index contributed by atoms with van der Waals surface area (Å²) in [5.41, 5.74) is 0.665. The summed E-state index contributed by atoms with van der Waals surface area (Å²) in [4.78, 5) is 15.2. The van der Waals surface area contributed by atoms with Gasteiger partial charge in [0.05, 0.1) is 6.26 Å². The molecule has 1 saturated heterocycles. The number of carbonyl (C=O) groups is 1. The van der Waals surface area contributed by atoms with Gasteiger partial charge >= 0.3 is 51.4 Å². The number of hydrogen-bond donors (Lipinski definition) is 1. The molecule has 0 bridgehead atoms. The fraction of sp³-hybridized carbons (Fsp3) is 0.500. The van der Waals surface area contributed by atoms with Gasteiger partial charge in [-0.1, -0.05) is 5.70 Å². The second-order valence-corrected chi connectivity index (χ2v) is 5.46. The molecule has 120 valence electrons. The molecule has 1 N–H and O–H groups in total. The Hall–Kier alpha value is -0.604. The Balaban J connectivity index is 0.00000264. The van der Waals surface area contributed by atoms with Crippen molar-refractivity contribution < 1.29 is 60.6 Å². The van der Waals surface area contributed by atoms with Crippen molar-refractivity contribution >= 4 is 17.4 Å². The summed E-state index contributed by atoms with van der Waals surface area (Å²) >= 11 is 0. The first-order valence-corrected chi connectivity index (χ1v) is 7.45. The third-order valence-electron chi connectivity index (χ3n) is 4.14. The number of furan rings is 1. The molecule has 2 heterocycles. The molecule has 2 rings (SSSR count). The van der Waals surface area contributed by atoms with Gasteiger partial charge in [-0.15, -0.1) is 7.05 Å². The zero-order valence-electron chi connectivity index (χ0n) is 14.4. The quantitative estimate of drug-likeness (QED) is 0.457. The summed E-state index contributed by atoms with van der Waals surface area (Å²) in [6, 6.07) is 3.91. The van der Waals surface area contributed by atoms with Crippen molar-refractivity contribution in [3.05, 3.63) is 35.5 Å². The Labute approximate surface area is 180 Å². The van der Waals surface area contributed by atoms with Crippen molar-refractivity contribution in [1.82, 2.24) is 9.80 Å². The van der Waals surface area contributed by atoms with Gasteiger partial charge < -0.3 is 19.5 Å². The molecule has 1 aromatic heterocycles. The second kappa shape index (κ2) is 9.63. The molecule has 6 nitrogen and oxygen atoms in total. The molecule has 1 aromatic rings. The van der Waals surface area contributed by atoms with E-state index in [2.05, 4.69) is 5.32 Å². The van der Waals surface area contributed by atoms with Gasteiger partial charge in [0.2, 0.25) is 5.91 Å². The number of piperidine rings is 1. The van der Waals surface area contributed by atoms with Crippen LogP contribution in [0.3, 0.4) is 0 Å². The van der Waals surface area contributed by atoms with Crippen LogP contribution in [0.1, 0.15) is 25.5 Å². The SMILES string of the molecule is C[N-]/C(=C\C(=N)N1CCC(N(C)C(C)=O)CC1)c1ccco1.[K+]. The predicted octanol–water partition coefficient (Wildman–Crippen LogP) is -0.452. The van der Waals surface area contributed by atoms with Crippen molar-refractivity contribution in [2.45, 2.75) is 25.8 Å². The first-order valence-electron chi connectivity index (χ1n) is 7.45. The number of amidine groups is 1. The second-order valence-electron chi connectivity index (χ2n) is 5.46. The van der Waals surface area contributed by atoms with Gasteiger partial charge in [0.15, 0.2) is 0 Å². The number of carbonyl (C=O) groups excluding carboxylic acids is 1. The zero-order chi connectivity index (χ0) is 16.1. The van der Waals surface area contributed by atoms with Crippen LogP contribution >= 0.6 is 0 Å². The number of likely N-dealkylation sites (tertiary alicyclic amines) is 1. The topological polar surface area (TPSA) is 74.6 Å². The molecular formula is C16H23KN4O2. The molecular weight excluding hydrogens is 319 g/mol. The van der Waals surface area contributed by atoms with Crippen LogP contribution in [-0.2, 0) is 4.79 Å². The summed E-state index contributed by atoms with van der Waals surface area (Å²) in [6.45, 7) is 3.13. The van der Waals surface area contributed by atoms with E-state index < -0.39 is 0 Å². The summed E-state index contributed by atoms with van der Waals surface area (Å²) in [6.07, 6.45) is 5.09. The standard InChI is InChI=1S/C16H23N4O2.K/c1-12(21)19(3)13-6-8-20(9-7-13)16(17)11-14(18-2)15-5-4-10-22-15;/h4-5,10-11,13H,6-9H2,1-3H3,(H-,17,18);/q-1;+1. The van der Waals surface area contributed by atoms with Gasteiger partial charge in [0.1, 0.15) is 11.6 Å². The molecule has 0 radical (unpaired) electrons. The van der Waals surface area contributed by atoms with Crippen LogP contribution in [0.25, 0.3) is 11.0 Å². The maximum Gasteiger partial charge on any atom is 1.00 e. The third-order valence-corrected chi connectivity index (χ3v) is 4.14. The van der Waals surface area contributed by atoms with E-state index in [0.29, 0.717) is 17.3 Å². The monoisotopic (exact) mass is 342 g/mol.